The van der Waals surface area contributed by atoms with Crippen molar-refractivity contribution in [1.29, 1.82) is 0 Å². The highest BCUT2D eigenvalue weighted by Crippen LogP contribution is 2.39. The van der Waals surface area contributed by atoms with Gasteiger partial charge in [-0.2, -0.15) is 0 Å². The highest BCUT2D eigenvalue weighted by molar-refractivity contribution is 5.44. The van der Waals surface area contributed by atoms with Crippen molar-refractivity contribution in [3.63, 3.8) is 0 Å². The lowest BCUT2D eigenvalue weighted by Gasteiger charge is -2.36. The number of aliphatic hydroxyl groups excluding tert-OH is 2. The second-order valence-corrected chi connectivity index (χ2v) is 5.52. The fourth-order valence-corrected chi connectivity index (χ4v) is 2.22. The number of hydrogen-bond donors (Lipinski definition) is 3. The standard InChI is InChI=1S/C14H21NO4/c1-14(2)6-12(15)11-4-3-10(5-13(11)19-14)18-8-9(17)7-16/h3-5,9,12,16-17H,6-8,15H2,1-2H3. The van der Waals surface area contributed by atoms with Crippen LogP contribution in [-0.2, 0) is 0 Å². The first kappa shape index (κ1) is 14.1. The summed E-state index contributed by atoms with van der Waals surface area (Å²) in [4.78, 5) is 0. The third-order valence-electron chi connectivity index (χ3n) is 3.14. The Morgan fingerprint density at radius 3 is 2.95 bits per heavy atom. The zero-order valence-corrected chi connectivity index (χ0v) is 11.3. The summed E-state index contributed by atoms with van der Waals surface area (Å²) in [6.45, 7) is 3.72. The Morgan fingerprint density at radius 1 is 1.53 bits per heavy atom. The molecule has 0 amide bonds. The molecule has 0 fully saturated rings. The van der Waals surface area contributed by atoms with Gasteiger partial charge in [0.15, 0.2) is 0 Å². The van der Waals surface area contributed by atoms with Gasteiger partial charge in [0.25, 0.3) is 0 Å². The third kappa shape index (κ3) is 3.37. The summed E-state index contributed by atoms with van der Waals surface area (Å²) in [7, 11) is 0. The van der Waals surface area contributed by atoms with Crippen molar-refractivity contribution in [2.75, 3.05) is 13.2 Å². The van der Waals surface area contributed by atoms with Crippen LogP contribution < -0.4 is 15.2 Å². The van der Waals surface area contributed by atoms with E-state index in [0.717, 1.165) is 17.7 Å². The zero-order chi connectivity index (χ0) is 14.0. The van der Waals surface area contributed by atoms with Crippen LogP contribution in [0, 0.1) is 0 Å². The van der Waals surface area contributed by atoms with E-state index in [0.29, 0.717) is 5.75 Å². The first-order chi connectivity index (χ1) is 8.91. The van der Waals surface area contributed by atoms with Gasteiger partial charge in [-0.1, -0.05) is 6.07 Å². The number of fused-ring (bicyclic) bond motifs is 1. The maximum absolute atomic E-state index is 9.26. The predicted octanol–water partition coefficient (Wildman–Crippen LogP) is 0.979. The molecule has 1 aliphatic heterocycles. The number of aliphatic hydroxyl groups is 2. The first-order valence-electron chi connectivity index (χ1n) is 6.41. The van der Waals surface area contributed by atoms with Crippen LogP contribution in [0.25, 0.3) is 0 Å². The fraction of sp³-hybridized carbons (Fsp3) is 0.571. The summed E-state index contributed by atoms with van der Waals surface area (Å²) < 4.78 is 11.3. The van der Waals surface area contributed by atoms with E-state index < -0.39 is 6.10 Å². The molecule has 2 unspecified atom stereocenters. The van der Waals surface area contributed by atoms with E-state index >= 15 is 0 Å². The van der Waals surface area contributed by atoms with Crippen molar-refractivity contribution in [2.45, 2.75) is 38.0 Å². The predicted molar refractivity (Wildman–Crippen MR) is 71.3 cm³/mol. The third-order valence-corrected chi connectivity index (χ3v) is 3.14. The quantitative estimate of drug-likeness (QED) is 0.757. The molecule has 1 aromatic rings. The van der Waals surface area contributed by atoms with Gasteiger partial charge in [-0.15, -0.1) is 0 Å². The van der Waals surface area contributed by atoms with E-state index in [9.17, 15) is 5.11 Å². The number of benzene rings is 1. The Bertz CT molecular complexity index is 447. The Hall–Kier alpha value is -1.30. The summed E-state index contributed by atoms with van der Waals surface area (Å²) in [5.74, 6) is 1.32. The molecule has 2 atom stereocenters. The van der Waals surface area contributed by atoms with E-state index in [1.165, 1.54) is 0 Å². The largest absolute Gasteiger partial charge is 0.491 e. The lowest BCUT2D eigenvalue weighted by molar-refractivity contribution is 0.0523. The zero-order valence-electron chi connectivity index (χ0n) is 11.3. The van der Waals surface area contributed by atoms with Crippen molar-refractivity contribution in [3.8, 4) is 11.5 Å². The molecule has 1 aromatic carbocycles. The highest BCUT2D eigenvalue weighted by Gasteiger charge is 2.31. The van der Waals surface area contributed by atoms with E-state index in [-0.39, 0.29) is 24.9 Å². The highest BCUT2D eigenvalue weighted by atomic mass is 16.5. The molecule has 0 aliphatic carbocycles. The molecular formula is C14H21NO4. The summed E-state index contributed by atoms with van der Waals surface area (Å²) in [6, 6.07) is 5.41. The minimum absolute atomic E-state index is 0.0455. The molecule has 0 bridgehead atoms. The van der Waals surface area contributed by atoms with Crippen LogP contribution >= 0.6 is 0 Å². The second-order valence-electron chi connectivity index (χ2n) is 5.52. The van der Waals surface area contributed by atoms with E-state index in [1.54, 1.807) is 12.1 Å². The van der Waals surface area contributed by atoms with E-state index in [2.05, 4.69) is 0 Å². The number of nitrogens with two attached hydrogens (primary N) is 1. The molecule has 2 rings (SSSR count). The molecule has 0 saturated heterocycles. The van der Waals surface area contributed by atoms with E-state index in [4.69, 9.17) is 20.3 Å². The lowest BCUT2D eigenvalue weighted by Crippen LogP contribution is -2.37. The molecule has 4 N–H and O–H groups in total. The maximum atomic E-state index is 9.26. The Labute approximate surface area is 113 Å². The monoisotopic (exact) mass is 267 g/mol. The van der Waals surface area contributed by atoms with Crippen LogP contribution in [0.4, 0.5) is 0 Å². The average Bonchev–Trinajstić information content (AvgIpc) is 2.33. The lowest BCUT2D eigenvalue weighted by atomic mass is 9.90. The molecule has 5 nitrogen and oxygen atoms in total. The van der Waals surface area contributed by atoms with Crippen LogP contribution in [-0.4, -0.2) is 35.1 Å². The van der Waals surface area contributed by atoms with Gasteiger partial charge in [-0.25, -0.2) is 0 Å². The summed E-state index contributed by atoms with van der Waals surface area (Å²) in [5.41, 5.74) is 6.79. The fourth-order valence-electron chi connectivity index (χ4n) is 2.22. The summed E-state index contributed by atoms with van der Waals surface area (Å²) in [6.07, 6.45) is -0.112. The number of ether oxygens (including phenoxy) is 2. The van der Waals surface area contributed by atoms with Crippen LogP contribution in [0.5, 0.6) is 11.5 Å². The Kier molecular flexibility index (Phi) is 3.99. The van der Waals surface area contributed by atoms with Crippen LogP contribution in [0.1, 0.15) is 31.9 Å². The first-order valence-corrected chi connectivity index (χ1v) is 6.41. The molecule has 106 valence electrons. The van der Waals surface area contributed by atoms with Gasteiger partial charge < -0.3 is 25.4 Å². The van der Waals surface area contributed by atoms with Gasteiger partial charge in [-0.3, -0.25) is 0 Å². The molecule has 1 aliphatic rings. The summed E-state index contributed by atoms with van der Waals surface area (Å²) in [5, 5.41) is 18.0. The van der Waals surface area contributed by atoms with Crippen molar-refractivity contribution in [1.82, 2.24) is 0 Å². The SMILES string of the molecule is CC1(C)CC(N)c2ccc(OCC(O)CO)cc2O1. The number of hydrogen-bond acceptors (Lipinski definition) is 5. The molecule has 19 heavy (non-hydrogen) atoms. The smallest absolute Gasteiger partial charge is 0.128 e. The maximum Gasteiger partial charge on any atom is 0.128 e. The van der Waals surface area contributed by atoms with Gasteiger partial charge >= 0.3 is 0 Å². The molecule has 5 heteroatoms. The molecular weight excluding hydrogens is 246 g/mol. The molecule has 0 aromatic heterocycles. The minimum Gasteiger partial charge on any atom is -0.491 e. The Balaban J connectivity index is 2.14. The van der Waals surface area contributed by atoms with Crippen molar-refractivity contribution in [2.24, 2.45) is 5.73 Å². The molecule has 0 radical (unpaired) electrons. The summed E-state index contributed by atoms with van der Waals surface area (Å²) >= 11 is 0. The topological polar surface area (TPSA) is 84.9 Å². The van der Waals surface area contributed by atoms with Gasteiger partial charge in [0.05, 0.1) is 6.61 Å². The molecule has 0 spiro atoms. The number of rotatable bonds is 4. The van der Waals surface area contributed by atoms with Gasteiger partial charge in [0.1, 0.15) is 29.8 Å². The van der Waals surface area contributed by atoms with Crippen molar-refractivity contribution >= 4 is 0 Å². The van der Waals surface area contributed by atoms with Gasteiger partial charge in [-0.05, 0) is 19.9 Å². The van der Waals surface area contributed by atoms with Crippen LogP contribution in [0.3, 0.4) is 0 Å². The van der Waals surface area contributed by atoms with E-state index in [1.807, 2.05) is 19.9 Å². The second kappa shape index (κ2) is 5.36. The van der Waals surface area contributed by atoms with Gasteiger partial charge in [0, 0.05) is 24.1 Å². The van der Waals surface area contributed by atoms with Crippen molar-refractivity contribution in [3.05, 3.63) is 23.8 Å². The molecule has 0 saturated carbocycles. The minimum atomic E-state index is -0.879. The van der Waals surface area contributed by atoms with Crippen LogP contribution in [0.15, 0.2) is 18.2 Å². The van der Waals surface area contributed by atoms with Crippen LogP contribution in [0.2, 0.25) is 0 Å². The molecule has 1 heterocycles. The average molecular weight is 267 g/mol. The van der Waals surface area contributed by atoms with Crippen molar-refractivity contribution < 1.29 is 19.7 Å². The normalized spacial score (nSPS) is 22.3. The Morgan fingerprint density at radius 2 is 2.26 bits per heavy atom. The van der Waals surface area contributed by atoms with Gasteiger partial charge in [0.2, 0.25) is 0 Å².